The zero-order valence-electron chi connectivity index (χ0n) is 51.8. The maximum Gasteiger partial charge on any atom is 0.472 e. The van der Waals surface area contributed by atoms with Gasteiger partial charge in [0, 0.05) is 19.3 Å². The molecule has 0 saturated heterocycles. The van der Waals surface area contributed by atoms with Crippen LogP contribution in [0, 0.1) is 0 Å². The van der Waals surface area contributed by atoms with E-state index >= 15 is 0 Å². The average molecular weight is 1150 g/mol. The van der Waals surface area contributed by atoms with Gasteiger partial charge in [-0.2, -0.15) is 0 Å². The van der Waals surface area contributed by atoms with Crippen LogP contribution in [-0.2, 0) is 42.2 Å². The lowest BCUT2D eigenvalue weighted by atomic mass is 10.0. The van der Waals surface area contributed by atoms with Gasteiger partial charge in [0.2, 0.25) is 0 Å². The Morgan fingerprint density at radius 3 is 0.963 bits per heavy atom. The van der Waals surface area contributed by atoms with Crippen molar-refractivity contribution in [2.75, 3.05) is 26.4 Å². The fourth-order valence-corrected chi connectivity index (χ4v) is 10.1. The van der Waals surface area contributed by atoms with Crippen molar-refractivity contribution in [3.8, 4) is 0 Å². The summed E-state index contributed by atoms with van der Waals surface area (Å²) < 4.78 is 39.7. The molecular weight excluding hydrogens is 1020 g/mol. The summed E-state index contributed by atoms with van der Waals surface area (Å²) in [5.74, 6) is -1.46. The van der Waals surface area contributed by atoms with Gasteiger partial charge in [-0.05, 0) is 89.9 Å². The first-order valence-corrected chi connectivity index (χ1v) is 34.7. The summed E-state index contributed by atoms with van der Waals surface area (Å²) in [6, 6.07) is 0. The Kier molecular flexibility index (Phi) is 60.0. The van der Waals surface area contributed by atoms with Crippen LogP contribution in [0.15, 0.2) is 60.8 Å². The van der Waals surface area contributed by atoms with Crippen molar-refractivity contribution in [3.63, 3.8) is 0 Å². The van der Waals surface area contributed by atoms with Crippen LogP contribution in [0.25, 0.3) is 0 Å². The third kappa shape index (κ3) is 59.8. The summed E-state index contributed by atoms with van der Waals surface area (Å²) in [6.45, 7) is 4.64. The molecule has 11 nitrogen and oxygen atoms in total. The normalized spacial score (nSPS) is 13.6. The highest BCUT2D eigenvalue weighted by Crippen LogP contribution is 2.43. The van der Waals surface area contributed by atoms with Crippen molar-refractivity contribution in [3.05, 3.63) is 60.8 Å². The summed E-state index contributed by atoms with van der Waals surface area (Å²) in [5, 5.41) is 9.87. The van der Waals surface area contributed by atoms with E-state index in [9.17, 15) is 28.9 Å². The van der Waals surface area contributed by atoms with Crippen LogP contribution in [-0.4, -0.2) is 66.5 Å². The van der Waals surface area contributed by atoms with Crippen LogP contribution in [0.4, 0.5) is 0 Å². The molecule has 0 radical (unpaired) electrons. The van der Waals surface area contributed by atoms with Gasteiger partial charge in [0.1, 0.15) is 12.7 Å². The molecule has 0 heterocycles. The smallest absolute Gasteiger partial charge is 0.462 e. The number of allylic oxidation sites excluding steroid dienone is 10. The number of carbonyl (C=O) groups excluding carboxylic acids is 3. The number of aliphatic hydroxyl groups excluding tert-OH is 1. The molecule has 0 aromatic heterocycles. The van der Waals surface area contributed by atoms with Gasteiger partial charge >= 0.3 is 25.7 Å². The number of hydrogen-bond donors (Lipinski definition) is 2. The van der Waals surface area contributed by atoms with E-state index < -0.39 is 57.8 Å². The first-order chi connectivity index (χ1) is 39.2. The van der Waals surface area contributed by atoms with Crippen LogP contribution >= 0.6 is 7.82 Å². The molecule has 0 saturated carbocycles. The Hall–Kier alpha value is -2.82. The second-order valence-electron chi connectivity index (χ2n) is 22.3. The molecule has 2 N–H and O–H groups in total. The van der Waals surface area contributed by atoms with Crippen LogP contribution in [0.2, 0.25) is 0 Å². The average Bonchev–Trinajstić information content (AvgIpc) is 3.45. The van der Waals surface area contributed by atoms with Crippen molar-refractivity contribution in [1.29, 1.82) is 0 Å². The van der Waals surface area contributed by atoms with Crippen LogP contribution in [0.3, 0.4) is 0 Å². The lowest BCUT2D eigenvalue weighted by Gasteiger charge is -2.21. The summed E-state index contributed by atoms with van der Waals surface area (Å²) >= 11 is 0. The van der Waals surface area contributed by atoms with Gasteiger partial charge in [0.05, 0.1) is 19.8 Å². The highest BCUT2D eigenvalue weighted by molar-refractivity contribution is 7.47. The van der Waals surface area contributed by atoms with E-state index in [0.717, 1.165) is 103 Å². The number of phosphoric acid groups is 1. The maximum atomic E-state index is 13.0. The van der Waals surface area contributed by atoms with Gasteiger partial charge in [-0.25, -0.2) is 4.57 Å². The molecule has 0 aliphatic heterocycles. The van der Waals surface area contributed by atoms with E-state index in [1.165, 1.54) is 154 Å². The molecule has 3 unspecified atom stereocenters. The minimum Gasteiger partial charge on any atom is -0.462 e. The van der Waals surface area contributed by atoms with Crippen LogP contribution in [0.5, 0.6) is 0 Å². The molecule has 466 valence electrons. The van der Waals surface area contributed by atoms with E-state index in [4.69, 9.17) is 23.3 Å². The Balaban J connectivity index is 4.67. The summed E-state index contributed by atoms with van der Waals surface area (Å²) in [4.78, 5) is 48.8. The van der Waals surface area contributed by atoms with Crippen molar-refractivity contribution in [1.82, 2.24) is 0 Å². The summed E-state index contributed by atoms with van der Waals surface area (Å²) in [6.07, 6.45) is 70.2. The van der Waals surface area contributed by atoms with Crippen molar-refractivity contribution in [2.24, 2.45) is 0 Å². The van der Waals surface area contributed by atoms with E-state index in [2.05, 4.69) is 81.5 Å². The summed E-state index contributed by atoms with van der Waals surface area (Å²) in [5.41, 5.74) is 0. The minimum absolute atomic E-state index is 0.155. The largest absolute Gasteiger partial charge is 0.472 e. The minimum atomic E-state index is -4.76. The molecule has 0 bridgehead atoms. The topological polar surface area (TPSA) is 155 Å². The molecule has 0 spiro atoms. The number of esters is 3. The van der Waals surface area contributed by atoms with Gasteiger partial charge in [0.25, 0.3) is 0 Å². The molecule has 0 aliphatic rings. The Bertz CT molecular complexity index is 1570. The van der Waals surface area contributed by atoms with Gasteiger partial charge < -0.3 is 24.2 Å². The molecule has 0 aliphatic carbocycles. The number of aliphatic hydroxyl groups is 1. The van der Waals surface area contributed by atoms with E-state index in [-0.39, 0.29) is 25.9 Å². The predicted octanol–water partition coefficient (Wildman–Crippen LogP) is 20.3. The number of rotatable bonds is 62. The highest BCUT2D eigenvalue weighted by atomic mass is 31.2. The van der Waals surface area contributed by atoms with Gasteiger partial charge in [-0.15, -0.1) is 0 Å². The number of unbranched alkanes of at least 4 members (excludes halogenated alkanes) is 35. The zero-order valence-corrected chi connectivity index (χ0v) is 52.7. The molecule has 0 rings (SSSR count). The molecule has 0 aromatic carbocycles. The first-order valence-electron chi connectivity index (χ1n) is 33.2. The zero-order chi connectivity index (χ0) is 58.3. The molecule has 0 aromatic rings. The van der Waals surface area contributed by atoms with E-state index in [1.54, 1.807) is 0 Å². The molecule has 0 amide bonds. The Morgan fingerprint density at radius 2 is 0.613 bits per heavy atom. The van der Waals surface area contributed by atoms with Gasteiger partial charge in [-0.1, -0.05) is 268 Å². The fraction of sp³-hybridized carbons (Fsp3) is 0.809. The molecule has 80 heavy (non-hydrogen) atoms. The fourth-order valence-electron chi connectivity index (χ4n) is 9.34. The third-order valence-electron chi connectivity index (χ3n) is 14.4. The highest BCUT2D eigenvalue weighted by Gasteiger charge is 2.28. The standard InChI is InChI=1S/C68H123O11P/c1-4-7-10-13-16-19-22-25-28-30-32-34-37-40-43-46-49-52-55-58-67(71)78-64(60-69)62-76-80(73,74)77-63-65(61-75-66(70)57-54-51-48-45-42-39-36-27-24-21-18-15-12-9-6-3)79-68(72)59-56-53-50-47-44-41-38-35-33-31-29-26-23-20-17-14-11-8-5-2/h16-17,19-20,25-26,28-29,33,35,64-65,69H,4-15,18,21-24,27,30-32,34,36-63H2,1-3H3,(H,73,74)/b19-16-,20-17-,28-25-,29-26-,35-33-. The number of carbonyl (C=O) groups is 3. The molecular formula is C68H123O11P. The van der Waals surface area contributed by atoms with E-state index in [1.807, 2.05) is 0 Å². The Labute approximate surface area is 491 Å². The SMILES string of the molecule is CCCCC/C=C\C/C=C\C/C=C\CCCCCCCCC(=O)OC(COC(=O)CCCCCCCCCCCCCCCCC)COP(=O)(O)OCC(CO)OC(=O)CCCCCCCCCCC/C=C\C/C=C\CCCCC. The van der Waals surface area contributed by atoms with Gasteiger partial charge in [0.15, 0.2) is 6.10 Å². The monoisotopic (exact) mass is 1150 g/mol. The second-order valence-corrected chi connectivity index (χ2v) is 23.7. The van der Waals surface area contributed by atoms with Crippen LogP contribution < -0.4 is 0 Å². The number of phosphoric ester groups is 1. The predicted molar refractivity (Wildman–Crippen MR) is 335 cm³/mol. The van der Waals surface area contributed by atoms with E-state index in [0.29, 0.717) is 19.3 Å². The van der Waals surface area contributed by atoms with Crippen LogP contribution in [0.1, 0.15) is 316 Å². The van der Waals surface area contributed by atoms with Crippen molar-refractivity contribution in [2.45, 2.75) is 328 Å². The lowest BCUT2D eigenvalue weighted by Crippen LogP contribution is -2.30. The number of hydrogen-bond acceptors (Lipinski definition) is 10. The summed E-state index contributed by atoms with van der Waals surface area (Å²) in [7, 11) is -4.76. The van der Waals surface area contributed by atoms with Crippen molar-refractivity contribution < 1.29 is 52.2 Å². The third-order valence-corrected chi connectivity index (χ3v) is 15.4. The first kappa shape index (κ1) is 77.2. The quantitative estimate of drug-likeness (QED) is 0.0197. The molecule has 12 heteroatoms. The molecule has 0 fully saturated rings. The second kappa shape index (κ2) is 62.2. The Morgan fingerprint density at radius 1 is 0.350 bits per heavy atom. The van der Waals surface area contributed by atoms with Crippen molar-refractivity contribution >= 4 is 25.7 Å². The van der Waals surface area contributed by atoms with Gasteiger partial charge in [-0.3, -0.25) is 23.4 Å². The number of ether oxygens (including phenoxy) is 3. The lowest BCUT2D eigenvalue weighted by molar-refractivity contribution is -0.161. The maximum absolute atomic E-state index is 13.0. The molecule has 3 atom stereocenters.